The number of aryl methyl sites for hydroxylation is 1. The summed E-state index contributed by atoms with van der Waals surface area (Å²) in [5.74, 6) is -0.0936. The number of nitrogens with zero attached hydrogens (tertiary/aromatic N) is 2. The molecular formula is C29H34N4O3. The molecule has 188 valence electrons. The number of nitrogens with one attached hydrogen (secondary N) is 1. The molecule has 0 aliphatic heterocycles. The number of hydrazone groups is 1. The maximum absolute atomic E-state index is 13.3. The Balaban J connectivity index is 1.51. The summed E-state index contributed by atoms with van der Waals surface area (Å²) in [6, 6.07) is 16.8. The molecule has 0 unspecified atom stereocenters. The van der Waals surface area contributed by atoms with E-state index in [4.69, 9.17) is 5.73 Å². The van der Waals surface area contributed by atoms with E-state index in [9.17, 15) is 14.7 Å². The average molecular weight is 487 g/mol. The fraction of sp³-hybridized carbons (Fsp3) is 0.345. The molecule has 1 aliphatic carbocycles. The highest BCUT2D eigenvalue weighted by Crippen LogP contribution is 2.26. The van der Waals surface area contributed by atoms with E-state index < -0.39 is 0 Å². The van der Waals surface area contributed by atoms with Crippen LogP contribution in [0.25, 0.3) is 10.8 Å². The predicted molar refractivity (Wildman–Crippen MR) is 143 cm³/mol. The monoisotopic (exact) mass is 486 g/mol. The summed E-state index contributed by atoms with van der Waals surface area (Å²) in [5.41, 5.74) is 11.2. The van der Waals surface area contributed by atoms with Crippen molar-refractivity contribution in [1.82, 2.24) is 10.3 Å². The van der Waals surface area contributed by atoms with Crippen LogP contribution in [0.5, 0.6) is 5.75 Å². The van der Waals surface area contributed by atoms with E-state index in [1.54, 1.807) is 25.3 Å². The van der Waals surface area contributed by atoms with Gasteiger partial charge in [0.25, 0.3) is 5.91 Å². The largest absolute Gasteiger partial charge is 0.508 e. The number of phenols is 1. The van der Waals surface area contributed by atoms with Crippen molar-refractivity contribution in [3.05, 3.63) is 76.9 Å². The van der Waals surface area contributed by atoms with Crippen LogP contribution in [-0.2, 0) is 11.2 Å². The van der Waals surface area contributed by atoms with Crippen LogP contribution >= 0.6 is 0 Å². The smallest absolute Gasteiger partial charge is 0.271 e. The Morgan fingerprint density at radius 1 is 1.08 bits per heavy atom. The summed E-state index contributed by atoms with van der Waals surface area (Å²) < 4.78 is 0. The van der Waals surface area contributed by atoms with Crippen LogP contribution in [0.2, 0.25) is 0 Å². The van der Waals surface area contributed by atoms with Gasteiger partial charge in [0.1, 0.15) is 5.75 Å². The number of rotatable bonds is 8. The van der Waals surface area contributed by atoms with Crippen LogP contribution in [0, 0.1) is 6.92 Å². The van der Waals surface area contributed by atoms with Crippen molar-refractivity contribution in [1.29, 1.82) is 0 Å². The van der Waals surface area contributed by atoms with Crippen molar-refractivity contribution >= 4 is 28.8 Å². The van der Waals surface area contributed by atoms with Gasteiger partial charge >= 0.3 is 0 Å². The van der Waals surface area contributed by atoms with Gasteiger partial charge in [0.05, 0.1) is 12.6 Å². The van der Waals surface area contributed by atoms with E-state index in [-0.39, 0.29) is 23.6 Å². The first-order chi connectivity index (χ1) is 17.5. The molecule has 3 aromatic carbocycles. The fourth-order valence-corrected chi connectivity index (χ4v) is 4.98. The Morgan fingerprint density at radius 2 is 1.83 bits per heavy atom. The molecule has 2 amide bonds. The summed E-state index contributed by atoms with van der Waals surface area (Å²) in [7, 11) is 0. The Labute approximate surface area is 212 Å². The standard InChI is InChI=1S/C29H34N4O3/c1-20-17-22(13-14-27(20)34)29(36)32-31-19-23-12-11-21(25-9-5-6-10-26(23)25)18-28(35)33(16-15-30)24-7-3-2-4-8-24/h5-6,9-14,17,19,24,34H,2-4,7-8,15-16,18,30H2,1H3,(H,32,36)/b31-19+. The number of nitrogens with two attached hydrogens (primary N) is 1. The molecule has 3 aromatic rings. The second-order valence-corrected chi connectivity index (χ2v) is 9.40. The molecule has 4 N–H and O–H groups in total. The minimum Gasteiger partial charge on any atom is -0.508 e. The molecular weight excluding hydrogens is 452 g/mol. The highest BCUT2D eigenvalue weighted by atomic mass is 16.3. The first kappa shape index (κ1) is 25.4. The van der Waals surface area contributed by atoms with Crippen molar-refractivity contribution in [2.45, 2.75) is 51.5 Å². The van der Waals surface area contributed by atoms with Crippen LogP contribution in [0.1, 0.15) is 59.2 Å². The first-order valence-electron chi connectivity index (χ1n) is 12.6. The zero-order chi connectivity index (χ0) is 25.5. The normalized spacial score (nSPS) is 14.3. The highest BCUT2D eigenvalue weighted by Gasteiger charge is 2.25. The first-order valence-corrected chi connectivity index (χ1v) is 12.6. The van der Waals surface area contributed by atoms with E-state index in [2.05, 4.69) is 10.5 Å². The number of amides is 2. The summed E-state index contributed by atoms with van der Waals surface area (Å²) in [5, 5.41) is 15.8. The summed E-state index contributed by atoms with van der Waals surface area (Å²) in [6.45, 7) is 2.79. The Bertz CT molecular complexity index is 1260. The van der Waals surface area contributed by atoms with Crippen molar-refractivity contribution in [3.63, 3.8) is 0 Å². The van der Waals surface area contributed by atoms with E-state index in [1.165, 1.54) is 25.3 Å². The van der Waals surface area contributed by atoms with Crippen LogP contribution in [0.15, 0.2) is 59.7 Å². The quantitative estimate of drug-likeness (QED) is 0.326. The Morgan fingerprint density at radius 3 is 2.56 bits per heavy atom. The van der Waals surface area contributed by atoms with Crippen molar-refractivity contribution < 1.29 is 14.7 Å². The number of fused-ring (bicyclic) bond motifs is 1. The molecule has 1 saturated carbocycles. The number of carbonyl (C=O) groups is 2. The molecule has 0 atom stereocenters. The lowest BCUT2D eigenvalue weighted by atomic mass is 9.93. The number of phenolic OH excluding ortho intramolecular Hbond substituents is 1. The SMILES string of the molecule is Cc1cc(C(=O)N/N=C/c2ccc(CC(=O)N(CCN)C3CCCCC3)c3ccccc23)ccc1O. The number of carbonyl (C=O) groups excluding carboxylic acids is 2. The molecule has 7 heteroatoms. The fourth-order valence-electron chi connectivity index (χ4n) is 4.98. The second kappa shape index (κ2) is 11.8. The summed E-state index contributed by atoms with van der Waals surface area (Å²) >= 11 is 0. The Hall–Kier alpha value is -3.71. The summed E-state index contributed by atoms with van der Waals surface area (Å²) in [6.07, 6.45) is 7.61. The number of benzene rings is 3. The van der Waals surface area contributed by atoms with Gasteiger partial charge in [-0.2, -0.15) is 5.10 Å². The van der Waals surface area contributed by atoms with Crippen molar-refractivity contribution in [2.24, 2.45) is 10.8 Å². The lowest BCUT2D eigenvalue weighted by Crippen LogP contribution is -2.44. The zero-order valence-corrected chi connectivity index (χ0v) is 20.7. The molecule has 0 spiro atoms. The van der Waals surface area contributed by atoms with Crippen LogP contribution < -0.4 is 11.2 Å². The molecule has 0 saturated heterocycles. The van der Waals surface area contributed by atoms with Gasteiger partial charge in [0.2, 0.25) is 5.91 Å². The molecule has 0 heterocycles. The van der Waals surface area contributed by atoms with E-state index in [1.807, 2.05) is 41.3 Å². The van der Waals surface area contributed by atoms with Gasteiger partial charge in [-0.1, -0.05) is 55.7 Å². The van der Waals surface area contributed by atoms with E-state index >= 15 is 0 Å². The third kappa shape index (κ3) is 5.91. The van der Waals surface area contributed by atoms with Crippen molar-refractivity contribution in [2.75, 3.05) is 13.1 Å². The highest BCUT2D eigenvalue weighted by molar-refractivity contribution is 6.03. The lowest BCUT2D eigenvalue weighted by molar-refractivity contribution is -0.133. The summed E-state index contributed by atoms with van der Waals surface area (Å²) in [4.78, 5) is 27.8. The van der Waals surface area contributed by atoms with E-state index in [0.29, 0.717) is 30.6 Å². The Kier molecular flexibility index (Phi) is 8.33. The minimum atomic E-state index is -0.358. The number of hydrogen-bond acceptors (Lipinski definition) is 5. The second-order valence-electron chi connectivity index (χ2n) is 9.40. The molecule has 36 heavy (non-hydrogen) atoms. The van der Waals surface area contributed by atoms with Crippen molar-refractivity contribution in [3.8, 4) is 5.75 Å². The molecule has 7 nitrogen and oxygen atoms in total. The van der Waals surface area contributed by atoms with Crippen LogP contribution in [-0.4, -0.2) is 47.2 Å². The van der Waals surface area contributed by atoms with Gasteiger partial charge in [-0.15, -0.1) is 0 Å². The maximum atomic E-state index is 13.3. The van der Waals surface area contributed by atoms with Gasteiger partial charge < -0.3 is 15.7 Å². The molecule has 0 aromatic heterocycles. The lowest BCUT2D eigenvalue weighted by Gasteiger charge is -2.34. The predicted octanol–water partition coefficient (Wildman–Crippen LogP) is 4.28. The molecule has 1 fully saturated rings. The topological polar surface area (TPSA) is 108 Å². The molecule has 4 rings (SSSR count). The van der Waals surface area contributed by atoms with Gasteiger partial charge in [0, 0.05) is 30.3 Å². The van der Waals surface area contributed by atoms with Crippen LogP contribution in [0.4, 0.5) is 0 Å². The number of hydrogen-bond donors (Lipinski definition) is 3. The van der Waals surface area contributed by atoms with Gasteiger partial charge in [-0.25, -0.2) is 5.43 Å². The molecule has 1 aliphatic rings. The minimum absolute atomic E-state index is 0.121. The number of aromatic hydroxyl groups is 1. The third-order valence-electron chi connectivity index (χ3n) is 6.92. The average Bonchev–Trinajstić information content (AvgIpc) is 2.90. The molecule has 0 radical (unpaired) electrons. The molecule has 0 bridgehead atoms. The van der Waals surface area contributed by atoms with Gasteiger partial charge in [0.15, 0.2) is 0 Å². The van der Waals surface area contributed by atoms with Gasteiger partial charge in [-0.3, -0.25) is 9.59 Å². The van der Waals surface area contributed by atoms with Crippen LogP contribution in [0.3, 0.4) is 0 Å². The maximum Gasteiger partial charge on any atom is 0.271 e. The third-order valence-corrected chi connectivity index (χ3v) is 6.92. The van der Waals surface area contributed by atoms with E-state index in [0.717, 1.165) is 34.7 Å². The van der Waals surface area contributed by atoms with Gasteiger partial charge in [-0.05, 0) is 59.9 Å². The zero-order valence-electron chi connectivity index (χ0n) is 20.7.